The lowest BCUT2D eigenvalue weighted by Crippen LogP contribution is -2.19. The molecule has 2 rings (SSSR count). The predicted octanol–water partition coefficient (Wildman–Crippen LogP) is 3.76. The number of ketones is 1. The first-order valence-electron chi connectivity index (χ1n) is 5.88. The minimum absolute atomic E-state index is 0.0775. The monoisotopic (exact) mass is 290 g/mol. The zero-order chi connectivity index (χ0) is 13.7. The van der Waals surface area contributed by atoms with Crippen molar-refractivity contribution in [2.24, 2.45) is 0 Å². The van der Waals surface area contributed by atoms with Gasteiger partial charge in [-0.05, 0) is 24.1 Å². The van der Waals surface area contributed by atoms with Crippen LogP contribution in [0.1, 0.15) is 15.9 Å². The second kappa shape index (κ2) is 6.68. The summed E-state index contributed by atoms with van der Waals surface area (Å²) in [5, 5.41) is 9.02. The van der Waals surface area contributed by atoms with E-state index >= 15 is 0 Å². The van der Waals surface area contributed by atoms with Crippen molar-refractivity contribution in [1.29, 1.82) is 0 Å². The molecule has 0 aliphatic rings. The van der Waals surface area contributed by atoms with Crippen molar-refractivity contribution in [3.63, 3.8) is 0 Å². The summed E-state index contributed by atoms with van der Waals surface area (Å²) in [5.74, 6) is 0.307. The number of benzene rings is 2. The van der Waals surface area contributed by atoms with Crippen LogP contribution in [0, 0.1) is 0 Å². The Labute approximate surface area is 121 Å². The van der Waals surface area contributed by atoms with Crippen LogP contribution in [0.2, 0.25) is 0 Å². The first-order valence-corrected chi connectivity index (χ1v) is 7.81. The number of Topliss-reactive ketones (excluding diaryl/α,β-unsaturated/α-hetero) is 1. The van der Waals surface area contributed by atoms with Crippen LogP contribution in [-0.2, 0) is 6.42 Å². The third-order valence-electron chi connectivity index (χ3n) is 2.84. The normalized spacial score (nSPS) is 12.1. The molecule has 0 saturated carbocycles. The summed E-state index contributed by atoms with van der Waals surface area (Å²) in [5.41, 5.74) is 1.71. The first kappa shape index (κ1) is 14.0. The summed E-state index contributed by atoms with van der Waals surface area (Å²) in [4.78, 5) is 12.3. The number of thiol groups is 1. The maximum absolute atomic E-state index is 12.3. The molecule has 0 aliphatic carbocycles. The van der Waals surface area contributed by atoms with Crippen LogP contribution in [0.5, 0.6) is 5.75 Å². The minimum atomic E-state index is -0.227. The van der Waals surface area contributed by atoms with Gasteiger partial charge in [-0.2, -0.15) is 0 Å². The molecule has 0 heterocycles. The molecule has 0 saturated heterocycles. The number of aromatic hydroxyl groups is 1. The van der Waals surface area contributed by atoms with E-state index in [9.17, 15) is 9.90 Å². The van der Waals surface area contributed by atoms with Gasteiger partial charge in [0.2, 0.25) is 0 Å². The van der Waals surface area contributed by atoms with Crippen LogP contribution in [-0.4, -0.2) is 16.1 Å². The maximum Gasteiger partial charge on any atom is 0.176 e. The first-order chi connectivity index (χ1) is 9.20. The van der Waals surface area contributed by atoms with Crippen molar-refractivity contribution in [2.45, 2.75) is 11.7 Å². The van der Waals surface area contributed by atoms with Gasteiger partial charge in [0.1, 0.15) is 5.75 Å². The minimum Gasteiger partial charge on any atom is -0.508 e. The van der Waals surface area contributed by atoms with Crippen LogP contribution < -0.4 is 0 Å². The van der Waals surface area contributed by atoms with E-state index in [1.165, 1.54) is 10.8 Å². The molecular formula is C15H14O2S2. The van der Waals surface area contributed by atoms with Gasteiger partial charge in [0.15, 0.2) is 5.78 Å². The lowest BCUT2D eigenvalue weighted by Gasteiger charge is -2.12. The Morgan fingerprint density at radius 2 is 1.74 bits per heavy atom. The number of carbonyl (C=O) groups is 1. The van der Waals surface area contributed by atoms with Gasteiger partial charge in [-0.15, -0.1) is 11.7 Å². The Bertz CT molecular complexity index is 538. The Kier molecular flexibility index (Phi) is 4.93. The maximum atomic E-state index is 12.3. The lowest BCUT2D eigenvalue weighted by atomic mass is 10.0. The van der Waals surface area contributed by atoms with Crippen molar-refractivity contribution in [2.75, 3.05) is 0 Å². The second-order valence-electron chi connectivity index (χ2n) is 4.19. The second-order valence-corrected chi connectivity index (χ2v) is 5.61. The molecule has 0 bridgehead atoms. The van der Waals surface area contributed by atoms with Crippen molar-refractivity contribution in [3.05, 3.63) is 65.7 Å². The van der Waals surface area contributed by atoms with E-state index in [1.807, 2.05) is 42.5 Å². The van der Waals surface area contributed by atoms with E-state index < -0.39 is 0 Å². The molecule has 0 aromatic heterocycles. The highest BCUT2D eigenvalue weighted by atomic mass is 33.1. The summed E-state index contributed by atoms with van der Waals surface area (Å²) in [6, 6.07) is 16.1. The van der Waals surface area contributed by atoms with Gasteiger partial charge < -0.3 is 5.11 Å². The van der Waals surface area contributed by atoms with Gasteiger partial charge in [0, 0.05) is 5.56 Å². The molecule has 2 aromatic carbocycles. The average molecular weight is 290 g/mol. The standard InChI is InChI=1S/C15H14O2S2/c16-13-8-6-11(7-9-13)10-14(19-18)15(17)12-4-2-1-3-5-12/h1-9,14,16,18H,10H2. The molecule has 0 aliphatic heterocycles. The molecule has 1 atom stereocenters. The highest BCUT2D eigenvalue weighted by Gasteiger charge is 2.19. The van der Waals surface area contributed by atoms with Gasteiger partial charge >= 0.3 is 0 Å². The summed E-state index contributed by atoms with van der Waals surface area (Å²) >= 11 is 4.20. The quantitative estimate of drug-likeness (QED) is 0.500. The van der Waals surface area contributed by atoms with Crippen LogP contribution in [0.15, 0.2) is 54.6 Å². The Morgan fingerprint density at radius 1 is 1.11 bits per heavy atom. The fraction of sp³-hybridized carbons (Fsp3) is 0.133. The molecule has 2 nitrogen and oxygen atoms in total. The van der Waals surface area contributed by atoms with Crippen LogP contribution in [0.25, 0.3) is 0 Å². The highest BCUT2D eigenvalue weighted by molar-refractivity contribution is 8.69. The summed E-state index contributed by atoms with van der Waals surface area (Å²) in [6.45, 7) is 0. The third kappa shape index (κ3) is 3.78. The molecule has 0 spiro atoms. The van der Waals surface area contributed by atoms with E-state index in [0.29, 0.717) is 12.0 Å². The molecule has 19 heavy (non-hydrogen) atoms. The van der Waals surface area contributed by atoms with E-state index in [2.05, 4.69) is 11.7 Å². The molecule has 1 unspecified atom stereocenters. The molecule has 1 N–H and O–H groups in total. The number of phenols is 1. The van der Waals surface area contributed by atoms with Gasteiger partial charge in [-0.3, -0.25) is 4.79 Å². The molecule has 0 amide bonds. The summed E-state index contributed by atoms with van der Waals surface area (Å²) < 4.78 is 0. The van der Waals surface area contributed by atoms with Gasteiger partial charge in [0.05, 0.1) is 5.25 Å². The number of hydrogen-bond donors (Lipinski definition) is 2. The number of carbonyl (C=O) groups excluding carboxylic acids is 1. The van der Waals surface area contributed by atoms with E-state index in [0.717, 1.165) is 5.56 Å². The van der Waals surface area contributed by atoms with Gasteiger partial charge in [-0.1, -0.05) is 53.3 Å². The Morgan fingerprint density at radius 3 is 2.32 bits per heavy atom. The predicted molar refractivity (Wildman–Crippen MR) is 82.9 cm³/mol. The zero-order valence-electron chi connectivity index (χ0n) is 10.2. The molecular weight excluding hydrogens is 276 g/mol. The average Bonchev–Trinajstić information content (AvgIpc) is 2.47. The van der Waals surface area contributed by atoms with E-state index in [1.54, 1.807) is 12.1 Å². The molecule has 0 fully saturated rings. The van der Waals surface area contributed by atoms with E-state index in [-0.39, 0.29) is 16.8 Å². The smallest absolute Gasteiger partial charge is 0.176 e. The van der Waals surface area contributed by atoms with E-state index in [4.69, 9.17) is 0 Å². The number of phenolic OH excluding ortho intramolecular Hbond substituents is 1. The third-order valence-corrected chi connectivity index (χ3v) is 4.23. The SMILES string of the molecule is O=C(c1ccccc1)C(Cc1ccc(O)cc1)SS. The van der Waals surface area contributed by atoms with Gasteiger partial charge in [0.25, 0.3) is 0 Å². The molecule has 0 radical (unpaired) electrons. The fourth-order valence-electron chi connectivity index (χ4n) is 1.81. The molecule has 4 heteroatoms. The molecule has 98 valence electrons. The van der Waals surface area contributed by atoms with Crippen molar-refractivity contribution < 1.29 is 9.90 Å². The number of hydrogen-bond acceptors (Lipinski definition) is 4. The fourth-order valence-corrected chi connectivity index (χ4v) is 2.82. The topological polar surface area (TPSA) is 37.3 Å². The van der Waals surface area contributed by atoms with Crippen LogP contribution >= 0.6 is 22.5 Å². The van der Waals surface area contributed by atoms with Crippen molar-refractivity contribution in [3.8, 4) is 5.75 Å². The summed E-state index contributed by atoms with van der Waals surface area (Å²) in [6.07, 6.45) is 0.599. The lowest BCUT2D eigenvalue weighted by molar-refractivity contribution is 0.0989. The Hall–Kier alpha value is -1.39. The van der Waals surface area contributed by atoms with Gasteiger partial charge in [-0.25, -0.2) is 0 Å². The van der Waals surface area contributed by atoms with Crippen LogP contribution in [0.3, 0.4) is 0 Å². The zero-order valence-corrected chi connectivity index (χ0v) is 11.9. The highest BCUT2D eigenvalue weighted by Crippen LogP contribution is 2.24. The Balaban J connectivity index is 2.12. The summed E-state index contributed by atoms with van der Waals surface area (Å²) in [7, 11) is 1.25. The van der Waals surface area contributed by atoms with Crippen LogP contribution in [0.4, 0.5) is 0 Å². The van der Waals surface area contributed by atoms with Crippen molar-refractivity contribution >= 4 is 28.2 Å². The number of rotatable bonds is 5. The molecule has 2 aromatic rings. The van der Waals surface area contributed by atoms with Crippen molar-refractivity contribution in [1.82, 2.24) is 0 Å². The largest absolute Gasteiger partial charge is 0.508 e.